The Morgan fingerprint density at radius 2 is 2.24 bits per heavy atom. The van der Waals surface area contributed by atoms with Gasteiger partial charge in [0.1, 0.15) is 12.2 Å². The molecule has 5 atom stereocenters. The summed E-state index contributed by atoms with van der Waals surface area (Å²) in [7, 11) is 0. The minimum Gasteiger partial charge on any atom is -0.479 e. The van der Waals surface area contributed by atoms with Gasteiger partial charge in [-0.25, -0.2) is 4.79 Å². The molecule has 1 saturated heterocycles. The number of carbonyl (C=O) groups is 1. The lowest BCUT2D eigenvalue weighted by molar-refractivity contribution is -0.207. The summed E-state index contributed by atoms with van der Waals surface area (Å²) in [5, 5.41) is 40.3. The second-order valence-electron chi connectivity index (χ2n) is 3.70. The molecule has 0 aliphatic carbocycles. The summed E-state index contributed by atoms with van der Waals surface area (Å²) in [5.74, 6) is -1.29. The van der Waals surface area contributed by atoms with Gasteiger partial charge in [0.2, 0.25) is 0 Å². The number of aliphatic carboxylic acids is 1. The van der Waals surface area contributed by atoms with Crippen LogP contribution in [0.3, 0.4) is 0 Å². The van der Waals surface area contributed by atoms with Gasteiger partial charge in [-0.15, -0.1) is 0 Å². The first-order chi connectivity index (χ1) is 7.97. The van der Waals surface area contributed by atoms with Gasteiger partial charge in [-0.3, -0.25) is 0 Å². The Morgan fingerprint density at radius 3 is 2.76 bits per heavy atom. The van der Waals surface area contributed by atoms with E-state index in [4.69, 9.17) is 15.4 Å². The number of hydrogen-bond donors (Lipinski definition) is 4. The average molecular weight is 247 g/mol. The van der Waals surface area contributed by atoms with Gasteiger partial charge >= 0.3 is 5.97 Å². The number of ether oxygens (including phenoxy) is 1. The molecule has 1 aliphatic rings. The predicted molar refractivity (Wildman–Crippen MR) is 52.9 cm³/mol. The van der Waals surface area contributed by atoms with Gasteiger partial charge in [-0.2, -0.15) is 0 Å². The summed E-state index contributed by atoms with van der Waals surface area (Å²) in [6.07, 6.45) is -6.98. The van der Waals surface area contributed by atoms with E-state index in [0.29, 0.717) is 0 Å². The minimum atomic E-state index is -1.42. The SMILES string of the molecule is [N-]=[N+]=NC[C@@H](O)[C@H]1O[C@@H](C(=O)O)C[C@H](O)[C@H]1O. The molecule has 0 saturated carbocycles. The lowest BCUT2D eigenvalue weighted by atomic mass is 9.94. The molecule has 0 amide bonds. The van der Waals surface area contributed by atoms with E-state index in [0.717, 1.165) is 0 Å². The Bertz CT molecular complexity index is 331. The van der Waals surface area contributed by atoms with Crippen LogP contribution < -0.4 is 0 Å². The molecule has 17 heavy (non-hydrogen) atoms. The standard InChI is InChI=1S/C8H13N3O6/c9-11-10-2-4(13)7-6(14)3(12)1-5(17-7)8(15)16/h3-7,12-14H,1-2H2,(H,15,16)/t3-,4+,5+,6+,7+/m0/s1. The fourth-order valence-corrected chi connectivity index (χ4v) is 1.60. The van der Waals surface area contributed by atoms with Crippen LogP contribution in [0.4, 0.5) is 0 Å². The molecule has 0 radical (unpaired) electrons. The van der Waals surface area contributed by atoms with Crippen LogP contribution in [0, 0.1) is 0 Å². The number of aliphatic hydroxyl groups is 3. The normalized spacial score (nSPS) is 34.8. The van der Waals surface area contributed by atoms with Crippen LogP contribution in [-0.4, -0.2) is 63.5 Å². The second-order valence-corrected chi connectivity index (χ2v) is 3.70. The fourth-order valence-electron chi connectivity index (χ4n) is 1.60. The number of aliphatic hydroxyl groups excluding tert-OH is 3. The van der Waals surface area contributed by atoms with E-state index in [2.05, 4.69) is 10.0 Å². The number of carboxylic acid groups (broad SMARTS) is 1. The first-order valence-electron chi connectivity index (χ1n) is 4.90. The summed E-state index contributed by atoms with van der Waals surface area (Å²) >= 11 is 0. The third kappa shape index (κ3) is 3.29. The van der Waals surface area contributed by atoms with Crippen molar-refractivity contribution in [3.05, 3.63) is 10.4 Å². The zero-order valence-electron chi connectivity index (χ0n) is 8.75. The van der Waals surface area contributed by atoms with Gasteiger partial charge in [0, 0.05) is 11.3 Å². The van der Waals surface area contributed by atoms with Crippen molar-refractivity contribution < 1.29 is 30.0 Å². The monoisotopic (exact) mass is 247 g/mol. The number of nitrogens with zero attached hydrogens (tertiary/aromatic N) is 3. The van der Waals surface area contributed by atoms with Crippen molar-refractivity contribution in [2.75, 3.05) is 6.54 Å². The van der Waals surface area contributed by atoms with Gasteiger partial charge in [0.05, 0.1) is 18.8 Å². The second kappa shape index (κ2) is 5.80. The molecule has 9 heteroatoms. The molecule has 4 N–H and O–H groups in total. The zero-order chi connectivity index (χ0) is 13.0. The minimum absolute atomic E-state index is 0.263. The smallest absolute Gasteiger partial charge is 0.332 e. The van der Waals surface area contributed by atoms with Crippen molar-refractivity contribution in [3.63, 3.8) is 0 Å². The van der Waals surface area contributed by atoms with Gasteiger partial charge in [-0.1, -0.05) is 5.11 Å². The van der Waals surface area contributed by atoms with Gasteiger partial charge in [0.25, 0.3) is 0 Å². The molecule has 9 nitrogen and oxygen atoms in total. The first-order valence-corrected chi connectivity index (χ1v) is 4.90. The maximum absolute atomic E-state index is 10.7. The molecule has 1 aliphatic heterocycles. The van der Waals surface area contributed by atoms with Crippen LogP contribution in [0.5, 0.6) is 0 Å². The molecule has 0 spiro atoms. The molecule has 0 aromatic heterocycles. The highest BCUT2D eigenvalue weighted by Gasteiger charge is 2.42. The van der Waals surface area contributed by atoms with Gasteiger partial charge in [0.15, 0.2) is 6.10 Å². The van der Waals surface area contributed by atoms with Crippen molar-refractivity contribution >= 4 is 5.97 Å². The first kappa shape index (κ1) is 13.7. The molecule has 0 aromatic rings. The Labute approximate surface area is 95.9 Å². The average Bonchev–Trinajstić information content (AvgIpc) is 2.29. The lowest BCUT2D eigenvalue weighted by Crippen LogP contribution is -2.55. The fraction of sp³-hybridized carbons (Fsp3) is 0.875. The number of hydrogen-bond acceptors (Lipinski definition) is 6. The predicted octanol–water partition coefficient (Wildman–Crippen LogP) is -1.38. The topological polar surface area (TPSA) is 156 Å². The van der Waals surface area contributed by atoms with Crippen molar-refractivity contribution in [2.24, 2.45) is 5.11 Å². The molecule has 1 fully saturated rings. The van der Waals surface area contributed by atoms with Crippen molar-refractivity contribution in [1.82, 2.24) is 0 Å². The maximum Gasteiger partial charge on any atom is 0.332 e. The van der Waals surface area contributed by atoms with Crippen LogP contribution in [-0.2, 0) is 9.53 Å². The highest BCUT2D eigenvalue weighted by Crippen LogP contribution is 2.23. The van der Waals surface area contributed by atoms with E-state index in [1.165, 1.54) is 0 Å². The van der Waals surface area contributed by atoms with Crippen LogP contribution in [0.2, 0.25) is 0 Å². The largest absolute Gasteiger partial charge is 0.479 e. The molecule has 0 bridgehead atoms. The molecular weight excluding hydrogens is 234 g/mol. The highest BCUT2D eigenvalue weighted by atomic mass is 16.5. The summed E-state index contributed by atoms with van der Waals surface area (Å²) in [6, 6.07) is 0. The molecule has 1 rings (SSSR count). The number of azide groups is 1. The van der Waals surface area contributed by atoms with E-state index in [1.807, 2.05) is 0 Å². The van der Waals surface area contributed by atoms with Crippen LogP contribution in [0.25, 0.3) is 10.4 Å². The Morgan fingerprint density at radius 1 is 1.59 bits per heavy atom. The summed E-state index contributed by atoms with van der Waals surface area (Å²) in [5.41, 5.74) is 8.07. The molecular formula is C8H13N3O6. The van der Waals surface area contributed by atoms with Crippen LogP contribution in [0.15, 0.2) is 5.11 Å². The van der Waals surface area contributed by atoms with Crippen molar-refractivity contribution in [3.8, 4) is 0 Å². The molecule has 0 unspecified atom stereocenters. The Hall–Kier alpha value is -1.38. The third-order valence-corrected chi connectivity index (χ3v) is 2.49. The van der Waals surface area contributed by atoms with Gasteiger partial charge < -0.3 is 25.2 Å². The van der Waals surface area contributed by atoms with Gasteiger partial charge in [-0.05, 0) is 5.53 Å². The molecule has 1 heterocycles. The quantitative estimate of drug-likeness (QED) is 0.272. The zero-order valence-corrected chi connectivity index (χ0v) is 8.75. The lowest BCUT2D eigenvalue weighted by Gasteiger charge is -2.37. The molecule has 96 valence electrons. The summed E-state index contributed by atoms with van der Waals surface area (Å²) in [4.78, 5) is 13.1. The number of rotatable bonds is 4. The van der Waals surface area contributed by atoms with Crippen molar-refractivity contribution in [1.29, 1.82) is 0 Å². The van der Waals surface area contributed by atoms with Crippen molar-refractivity contribution in [2.45, 2.75) is 36.9 Å². The van der Waals surface area contributed by atoms with E-state index in [1.54, 1.807) is 0 Å². The van der Waals surface area contributed by atoms with E-state index >= 15 is 0 Å². The van der Waals surface area contributed by atoms with Crippen LogP contribution in [0.1, 0.15) is 6.42 Å². The number of carboxylic acids is 1. The maximum atomic E-state index is 10.7. The van der Waals surface area contributed by atoms with Crippen LogP contribution >= 0.6 is 0 Å². The third-order valence-electron chi connectivity index (χ3n) is 2.49. The summed E-state index contributed by atoms with van der Waals surface area (Å²) < 4.78 is 4.95. The Balaban J connectivity index is 2.73. The summed E-state index contributed by atoms with van der Waals surface area (Å²) in [6.45, 7) is -0.378. The molecule has 0 aromatic carbocycles. The van der Waals surface area contributed by atoms with E-state index in [-0.39, 0.29) is 13.0 Å². The Kier molecular flexibility index (Phi) is 4.67. The van der Waals surface area contributed by atoms with E-state index in [9.17, 15) is 20.1 Å². The van der Waals surface area contributed by atoms with E-state index < -0.39 is 36.5 Å². The highest BCUT2D eigenvalue weighted by molar-refractivity contribution is 5.72.